The molecular formula is C15H17BrN2OS. The minimum absolute atomic E-state index is 0.583. The third kappa shape index (κ3) is 3.59. The summed E-state index contributed by atoms with van der Waals surface area (Å²) in [7, 11) is 0. The number of rotatable bonds is 6. The molecule has 0 spiro atoms. The number of ether oxygens (including phenoxy) is 1. The van der Waals surface area contributed by atoms with Crippen LogP contribution in [0.3, 0.4) is 0 Å². The molecule has 3 nitrogen and oxygen atoms in total. The molecule has 1 saturated carbocycles. The molecule has 1 aliphatic carbocycles. The van der Waals surface area contributed by atoms with Crippen LogP contribution in [0, 0.1) is 6.92 Å². The Morgan fingerprint density at radius 3 is 2.95 bits per heavy atom. The van der Waals surface area contributed by atoms with Crippen molar-refractivity contribution in [3.8, 4) is 5.75 Å². The first kappa shape index (κ1) is 14.0. The highest BCUT2D eigenvalue weighted by molar-refractivity contribution is 9.10. The van der Waals surface area contributed by atoms with Gasteiger partial charge < -0.3 is 10.1 Å². The van der Waals surface area contributed by atoms with Crippen LogP contribution in [0.1, 0.15) is 29.1 Å². The Morgan fingerprint density at radius 2 is 2.25 bits per heavy atom. The van der Waals surface area contributed by atoms with Gasteiger partial charge in [-0.3, -0.25) is 4.98 Å². The number of nitrogens with one attached hydrogen (secondary N) is 1. The van der Waals surface area contributed by atoms with Crippen molar-refractivity contribution in [3.05, 3.63) is 44.3 Å². The lowest BCUT2D eigenvalue weighted by atomic mass is 10.2. The van der Waals surface area contributed by atoms with E-state index in [2.05, 4.69) is 31.6 Å². The van der Waals surface area contributed by atoms with Crippen molar-refractivity contribution in [3.63, 3.8) is 0 Å². The Bertz CT molecular complexity index is 595. The average Bonchev–Trinajstić information content (AvgIpc) is 3.18. The molecule has 1 fully saturated rings. The molecule has 0 aliphatic heterocycles. The minimum Gasteiger partial charge on any atom is -0.486 e. The third-order valence-electron chi connectivity index (χ3n) is 3.26. The van der Waals surface area contributed by atoms with Crippen molar-refractivity contribution >= 4 is 27.3 Å². The fourth-order valence-electron chi connectivity index (χ4n) is 1.96. The van der Waals surface area contributed by atoms with E-state index in [9.17, 15) is 0 Å². The molecule has 0 bridgehead atoms. The monoisotopic (exact) mass is 352 g/mol. The molecule has 0 radical (unpaired) electrons. The molecule has 0 unspecified atom stereocenters. The summed E-state index contributed by atoms with van der Waals surface area (Å²) in [5, 5.41) is 5.56. The van der Waals surface area contributed by atoms with Crippen LogP contribution in [0.4, 0.5) is 0 Å². The van der Waals surface area contributed by atoms with E-state index < -0.39 is 0 Å². The van der Waals surface area contributed by atoms with Gasteiger partial charge >= 0.3 is 0 Å². The van der Waals surface area contributed by atoms with Crippen LogP contribution in [-0.2, 0) is 13.2 Å². The smallest absolute Gasteiger partial charge is 0.142 e. The second-order valence-electron chi connectivity index (χ2n) is 5.03. The predicted octanol–water partition coefficient (Wildman–Crippen LogP) is 4.05. The van der Waals surface area contributed by atoms with E-state index in [1.165, 1.54) is 17.7 Å². The summed E-state index contributed by atoms with van der Waals surface area (Å²) in [5.41, 5.74) is 2.03. The van der Waals surface area contributed by atoms with Gasteiger partial charge in [0.2, 0.25) is 0 Å². The number of hydrogen-bond acceptors (Lipinski definition) is 4. The zero-order chi connectivity index (χ0) is 13.9. The van der Waals surface area contributed by atoms with E-state index >= 15 is 0 Å². The number of nitrogens with zero attached hydrogens (tertiary/aromatic N) is 1. The van der Waals surface area contributed by atoms with Crippen LogP contribution >= 0.6 is 27.3 Å². The molecule has 2 heterocycles. The van der Waals surface area contributed by atoms with Gasteiger partial charge in [-0.05, 0) is 59.3 Å². The summed E-state index contributed by atoms with van der Waals surface area (Å²) in [6.45, 7) is 3.38. The first-order valence-corrected chi connectivity index (χ1v) is 8.44. The third-order valence-corrected chi connectivity index (χ3v) is 5.16. The summed E-state index contributed by atoms with van der Waals surface area (Å²) >= 11 is 5.23. The number of halogens is 1. The van der Waals surface area contributed by atoms with Crippen LogP contribution in [0.2, 0.25) is 0 Å². The number of thiophene rings is 1. The topological polar surface area (TPSA) is 34.1 Å². The molecular weight excluding hydrogens is 336 g/mol. The number of hydrogen-bond donors (Lipinski definition) is 1. The van der Waals surface area contributed by atoms with E-state index in [1.54, 1.807) is 11.3 Å². The zero-order valence-corrected chi connectivity index (χ0v) is 13.8. The Kier molecular flexibility index (Phi) is 4.38. The average molecular weight is 353 g/mol. The summed E-state index contributed by atoms with van der Waals surface area (Å²) in [5.74, 6) is 0.879. The van der Waals surface area contributed by atoms with Crippen LogP contribution < -0.4 is 10.1 Å². The molecule has 0 saturated heterocycles. The highest BCUT2D eigenvalue weighted by Crippen LogP contribution is 2.26. The Labute approximate surface area is 131 Å². The fourth-order valence-corrected chi connectivity index (χ4v) is 3.33. The number of aromatic nitrogens is 1. The lowest BCUT2D eigenvalue weighted by Crippen LogP contribution is -2.17. The summed E-state index contributed by atoms with van der Waals surface area (Å²) in [6.07, 6.45) is 2.56. The van der Waals surface area contributed by atoms with Gasteiger partial charge in [0.15, 0.2) is 0 Å². The Balaban J connectivity index is 1.68. The van der Waals surface area contributed by atoms with Gasteiger partial charge in [-0.15, -0.1) is 11.3 Å². The van der Waals surface area contributed by atoms with Crippen molar-refractivity contribution in [2.45, 2.75) is 39.0 Å². The van der Waals surface area contributed by atoms with E-state index in [0.29, 0.717) is 12.6 Å². The van der Waals surface area contributed by atoms with E-state index in [0.717, 1.165) is 28.2 Å². The summed E-state index contributed by atoms with van der Waals surface area (Å²) < 4.78 is 7.06. The van der Waals surface area contributed by atoms with Gasteiger partial charge in [-0.1, -0.05) is 0 Å². The lowest BCUT2D eigenvalue weighted by Gasteiger charge is -2.12. The van der Waals surface area contributed by atoms with Gasteiger partial charge in [0.25, 0.3) is 0 Å². The maximum atomic E-state index is 5.95. The highest BCUT2D eigenvalue weighted by atomic mass is 79.9. The molecule has 1 aliphatic rings. The van der Waals surface area contributed by atoms with Gasteiger partial charge in [0.1, 0.15) is 12.4 Å². The fraction of sp³-hybridized carbons (Fsp3) is 0.400. The zero-order valence-electron chi connectivity index (χ0n) is 11.4. The first-order valence-electron chi connectivity index (χ1n) is 6.77. The van der Waals surface area contributed by atoms with Crippen LogP contribution in [0.25, 0.3) is 0 Å². The Hall–Kier alpha value is -0.910. The molecule has 3 rings (SSSR count). The molecule has 5 heteroatoms. The molecule has 2 aromatic rings. The van der Waals surface area contributed by atoms with Crippen LogP contribution in [-0.4, -0.2) is 11.0 Å². The maximum absolute atomic E-state index is 5.95. The van der Waals surface area contributed by atoms with Gasteiger partial charge in [-0.2, -0.15) is 0 Å². The summed E-state index contributed by atoms with van der Waals surface area (Å²) in [4.78, 5) is 5.80. The number of pyridine rings is 1. The van der Waals surface area contributed by atoms with Gasteiger partial charge in [0, 0.05) is 22.8 Å². The van der Waals surface area contributed by atoms with Crippen molar-refractivity contribution in [2.24, 2.45) is 0 Å². The normalized spacial score (nSPS) is 14.5. The summed E-state index contributed by atoms with van der Waals surface area (Å²) in [6, 6.07) is 6.75. The van der Waals surface area contributed by atoms with Gasteiger partial charge in [-0.25, -0.2) is 0 Å². The SMILES string of the molecule is Cc1ccc(OCc2sccc2Br)c(CNC2CC2)n1. The largest absolute Gasteiger partial charge is 0.486 e. The predicted molar refractivity (Wildman–Crippen MR) is 85.2 cm³/mol. The quantitative estimate of drug-likeness (QED) is 0.851. The van der Waals surface area contributed by atoms with E-state index in [4.69, 9.17) is 4.74 Å². The first-order chi connectivity index (χ1) is 9.72. The molecule has 0 aromatic carbocycles. The molecule has 20 heavy (non-hydrogen) atoms. The number of aryl methyl sites for hydroxylation is 1. The minimum atomic E-state index is 0.583. The molecule has 106 valence electrons. The van der Waals surface area contributed by atoms with E-state index in [1.807, 2.05) is 25.1 Å². The molecule has 1 N–H and O–H groups in total. The van der Waals surface area contributed by atoms with Crippen molar-refractivity contribution < 1.29 is 4.74 Å². The molecule has 0 atom stereocenters. The molecule has 0 amide bonds. The molecule has 2 aromatic heterocycles. The lowest BCUT2D eigenvalue weighted by molar-refractivity contribution is 0.303. The second-order valence-corrected chi connectivity index (χ2v) is 6.89. The van der Waals surface area contributed by atoms with Crippen molar-refractivity contribution in [1.29, 1.82) is 0 Å². The van der Waals surface area contributed by atoms with Crippen molar-refractivity contribution in [1.82, 2.24) is 10.3 Å². The highest BCUT2D eigenvalue weighted by Gasteiger charge is 2.21. The van der Waals surface area contributed by atoms with Crippen LogP contribution in [0.5, 0.6) is 5.75 Å². The second kappa shape index (κ2) is 6.24. The standard InChI is InChI=1S/C15H17BrN2OS/c1-10-2-5-14(13(18-10)8-17-11-3-4-11)19-9-15-12(16)6-7-20-15/h2,5-7,11,17H,3-4,8-9H2,1H3. The maximum Gasteiger partial charge on any atom is 0.142 e. The van der Waals surface area contributed by atoms with Crippen molar-refractivity contribution in [2.75, 3.05) is 0 Å². The van der Waals surface area contributed by atoms with E-state index in [-0.39, 0.29) is 0 Å². The Morgan fingerprint density at radius 1 is 1.40 bits per heavy atom. The van der Waals surface area contributed by atoms with Crippen LogP contribution in [0.15, 0.2) is 28.1 Å². The van der Waals surface area contributed by atoms with Gasteiger partial charge in [0.05, 0.1) is 10.6 Å².